The fraction of sp³-hybridized carbons (Fsp3) is 0.250. The number of ether oxygens (including phenoxy) is 2. The highest BCUT2D eigenvalue weighted by Crippen LogP contribution is 2.34. The summed E-state index contributed by atoms with van der Waals surface area (Å²) in [5.74, 6) is -2.67. The maximum Gasteiger partial charge on any atom is 0.417 e. The molecule has 0 aliphatic heterocycles. The van der Waals surface area contributed by atoms with Crippen molar-refractivity contribution in [2.45, 2.75) is 25.6 Å². The number of carbonyl (C=O) groups is 2. The molecular weight excluding hydrogens is 444 g/mol. The van der Waals surface area contributed by atoms with Gasteiger partial charge in [-0.2, -0.15) is 18.4 Å². The summed E-state index contributed by atoms with van der Waals surface area (Å²) in [6, 6.07) is 7.47. The van der Waals surface area contributed by atoms with E-state index in [1.807, 2.05) is 0 Å². The van der Waals surface area contributed by atoms with E-state index in [0.29, 0.717) is 6.07 Å². The summed E-state index contributed by atoms with van der Waals surface area (Å²) in [6.45, 7) is 1.61. The number of esters is 1. The zero-order chi connectivity index (χ0) is 23.4. The van der Waals surface area contributed by atoms with Gasteiger partial charge in [-0.05, 0) is 37.3 Å². The van der Waals surface area contributed by atoms with E-state index in [0.717, 1.165) is 25.1 Å². The van der Waals surface area contributed by atoms with Crippen LogP contribution < -0.4 is 10.1 Å². The molecule has 0 aliphatic carbocycles. The third kappa shape index (κ3) is 6.08. The van der Waals surface area contributed by atoms with Crippen LogP contribution in [0.25, 0.3) is 0 Å². The number of hydrogen-bond acceptors (Lipinski definition) is 5. The summed E-state index contributed by atoms with van der Waals surface area (Å²) in [7, 11) is 0. The minimum atomic E-state index is -4.83. The first-order chi connectivity index (χ1) is 14.4. The van der Waals surface area contributed by atoms with Gasteiger partial charge in [0.25, 0.3) is 5.91 Å². The molecule has 2 aromatic rings. The molecule has 164 valence electrons. The molecule has 31 heavy (non-hydrogen) atoms. The molecule has 0 spiro atoms. The van der Waals surface area contributed by atoms with Gasteiger partial charge >= 0.3 is 12.1 Å². The lowest BCUT2D eigenvalue weighted by atomic mass is 10.0. The van der Waals surface area contributed by atoms with Crippen LogP contribution in [0.4, 0.5) is 23.2 Å². The van der Waals surface area contributed by atoms with E-state index >= 15 is 0 Å². The SMILES string of the molecule is CC(=O)O[C@@](C)(COc1ccc(Cl)c(F)c1)C(=O)Nc1ccc(C#N)c(C(F)(F)F)c1. The van der Waals surface area contributed by atoms with Gasteiger partial charge in [-0.25, -0.2) is 4.39 Å². The number of hydrogen-bond donors (Lipinski definition) is 1. The number of rotatable bonds is 6. The standard InChI is InChI=1S/C20H15ClF4N2O4/c1-11(28)31-19(2,10-30-14-5-6-16(21)17(22)8-14)18(29)27-13-4-3-12(9-26)15(7-13)20(23,24)25/h3-8H,10H2,1-2H3,(H,27,29)/t19-/m0/s1. The normalized spacial score (nSPS) is 13.0. The fourth-order valence-electron chi connectivity index (χ4n) is 2.46. The Bertz CT molecular complexity index is 1050. The second kappa shape index (κ2) is 9.22. The molecule has 0 radical (unpaired) electrons. The smallest absolute Gasteiger partial charge is 0.417 e. The second-order valence-corrected chi connectivity index (χ2v) is 6.92. The van der Waals surface area contributed by atoms with E-state index in [9.17, 15) is 27.2 Å². The third-order valence-electron chi connectivity index (χ3n) is 3.96. The highest BCUT2D eigenvalue weighted by atomic mass is 35.5. The van der Waals surface area contributed by atoms with Crippen molar-refractivity contribution < 1.29 is 36.6 Å². The van der Waals surface area contributed by atoms with Gasteiger partial charge in [0, 0.05) is 18.7 Å². The van der Waals surface area contributed by atoms with Gasteiger partial charge in [0.05, 0.1) is 22.2 Å². The number of nitriles is 1. The van der Waals surface area contributed by atoms with Crippen molar-refractivity contribution in [3.05, 3.63) is 58.4 Å². The first-order valence-electron chi connectivity index (χ1n) is 8.56. The Balaban J connectivity index is 2.27. The average molecular weight is 459 g/mol. The molecule has 11 heteroatoms. The molecule has 0 bridgehead atoms. The van der Waals surface area contributed by atoms with E-state index < -0.39 is 47.2 Å². The fourth-order valence-corrected chi connectivity index (χ4v) is 2.58. The van der Waals surface area contributed by atoms with Gasteiger partial charge in [-0.3, -0.25) is 9.59 Å². The van der Waals surface area contributed by atoms with E-state index in [1.165, 1.54) is 25.1 Å². The summed E-state index contributed by atoms with van der Waals surface area (Å²) in [4.78, 5) is 24.2. The number of halogens is 5. The van der Waals surface area contributed by atoms with Crippen molar-refractivity contribution in [1.82, 2.24) is 0 Å². The number of alkyl halides is 3. The molecule has 1 N–H and O–H groups in total. The highest BCUT2D eigenvalue weighted by molar-refractivity contribution is 6.30. The van der Waals surface area contributed by atoms with E-state index in [2.05, 4.69) is 5.32 Å². The van der Waals surface area contributed by atoms with Crippen LogP contribution in [0.15, 0.2) is 36.4 Å². The predicted octanol–water partition coefficient (Wildman–Crippen LogP) is 4.71. The van der Waals surface area contributed by atoms with Crippen LogP contribution in [-0.2, 0) is 20.5 Å². The second-order valence-electron chi connectivity index (χ2n) is 6.51. The number of nitrogens with zero attached hydrogens (tertiary/aromatic N) is 1. The molecule has 1 atom stereocenters. The third-order valence-corrected chi connectivity index (χ3v) is 4.26. The molecular formula is C20H15ClF4N2O4. The largest absolute Gasteiger partial charge is 0.489 e. The zero-order valence-corrected chi connectivity index (χ0v) is 16.9. The van der Waals surface area contributed by atoms with Crippen molar-refractivity contribution >= 4 is 29.2 Å². The van der Waals surface area contributed by atoms with E-state index in [1.54, 1.807) is 0 Å². The molecule has 0 saturated heterocycles. The number of amides is 1. The van der Waals surface area contributed by atoms with Gasteiger partial charge < -0.3 is 14.8 Å². The lowest BCUT2D eigenvalue weighted by molar-refractivity contribution is -0.165. The quantitative estimate of drug-likeness (QED) is 0.500. The summed E-state index contributed by atoms with van der Waals surface area (Å²) in [5.41, 5.74) is -4.13. The molecule has 2 aromatic carbocycles. The topological polar surface area (TPSA) is 88.4 Å². The minimum absolute atomic E-state index is 0.0224. The summed E-state index contributed by atoms with van der Waals surface area (Å²) in [6.07, 6.45) is -4.83. The van der Waals surface area contributed by atoms with Gasteiger partial charge in [0.2, 0.25) is 5.60 Å². The molecule has 0 aromatic heterocycles. The Hall–Kier alpha value is -3.32. The van der Waals surface area contributed by atoms with Crippen LogP contribution in [0.3, 0.4) is 0 Å². The van der Waals surface area contributed by atoms with Crippen LogP contribution in [0, 0.1) is 17.1 Å². The molecule has 0 fully saturated rings. The predicted molar refractivity (Wildman–Crippen MR) is 102 cm³/mol. The van der Waals surface area contributed by atoms with Crippen molar-refractivity contribution in [3.63, 3.8) is 0 Å². The van der Waals surface area contributed by atoms with Crippen molar-refractivity contribution in [2.24, 2.45) is 0 Å². The van der Waals surface area contributed by atoms with Crippen molar-refractivity contribution in [2.75, 3.05) is 11.9 Å². The number of benzene rings is 2. The highest BCUT2D eigenvalue weighted by Gasteiger charge is 2.39. The Morgan fingerprint density at radius 1 is 1.19 bits per heavy atom. The van der Waals surface area contributed by atoms with Crippen LogP contribution in [0.1, 0.15) is 25.0 Å². The Morgan fingerprint density at radius 2 is 1.87 bits per heavy atom. The van der Waals surface area contributed by atoms with Gasteiger partial charge in [-0.1, -0.05) is 11.6 Å². The molecule has 2 rings (SSSR count). The van der Waals surface area contributed by atoms with Crippen LogP contribution >= 0.6 is 11.6 Å². The molecule has 0 saturated carbocycles. The monoisotopic (exact) mass is 458 g/mol. The van der Waals surface area contributed by atoms with Crippen LogP contribution in [-0.4, -0.2) is 24.1 Å². The average Bonchev–Trinajstić information content (AvgIpc) is 2.67. The van der Waals surface area contributed by atoms with E-state index in [4.69, 9.17) is 26.3 Å². The minimum Gasteiger partial charge on any atom is -0.489 e. The van der Waals surface area contributed by atoms with Crippen LogP contribution in [0.5, 0.6) is 5.75 Å². The molecule has 0 heterocycles. The lowest BCUT2D eigenvalue weighted by Crippen LogP contribution is -2.48. The molecule has 1 amide bonds. The molecule has 6 nitrogen and oxygen atoms in total. The van der Waals surface area contributed by atoms with Crippen LogP contribution in [0.2, 0.25) is 5.02 Å². The number of anilines is 1. The number of carbonyl (C=O) groups excluding carboxylic acids is 2. The van der Waals surface area contributed by atoms with Crippen molar-refractivity contribution in [3.8, 4) is 11.8 Å². The summed E-state index contributed by atoms with van der Waals surface area (Å²) >= 11 is 5.58. The lowest BCUT2D eigenvalue weighted by Gasteiger charge is -2.28. The van der Waals surface area contributed by atoms with Gasteiger partial charge in [0.1, 0.15) is 18.2 Å². The molecule has 0 aliphatic rings. The first kappa shape index (κ1) is 24.0. The Kier molecular flexibility index (Phi) is 7.13. The Morgan fingerprint density at radius 3 is 2.42 bits per heavy atom. The van der Waals surface area contributed by atoms with E-state index in [-0.39, 0.29) is 16.5 Å². The van der Waals surface area contributed by atoms with Gasteiger partial charge in [0.15, 0.2) is 0 Å². The summed E-state index contributed by atoms with van der Waals surface area (Å²) in [5, 5.41) is 10.9. The zero-order valence-electron chi connectivity index (χ0n) is 16.1. The first-order valence-corrected chi connectivity index (χ1v) is 8.94. The number of nitrogens with one attached hydrogen (secondary N) is 1. The maximum atomic E-state index is 13.6. The molecule has 0 unspecified atom stereocenters. The maximum absolute atomic E-state index is 13.6. The summed E-state index contributed by atoms with van der Waals surface area (Å²) < 4.78 is 63.3. The van der Waals surface area contributed by atoms with Crippen molar-refractivity contribution in [1.29, 1.82) is 5.26 Å². The van der Waals surface area contributed by atoms with Gasteiger partial charge in [-0.15, -0.1) is 0 Å². The Labute approximate surface area is 179 Å².